The van der Waals surface area contributed by atoms with Gasteiger partial charge in [-0.15, -0.1) is 11.3 Å². The second-order valence-electron chi connectivity index (χ2n) is 7.35. The molecule has 0 saturated carbocycles. The molecule has 3 heterocycles. The van der Waals surface area contributed by atoms with E-state index in [1.54, 1.807) is 11.3 Å². The van der Waals surface area contributed by atoms with E-state index >= 15 is 0 Å². The van der Waals surface area contributed by atoms with Crippen molar-refractivity contribution in [2.45, 2.75) is 26.8 Å². The van der Waals surface area contributed by atoms with Gasteiger partial charge in [-0.2, -0.15) is 0 Å². The molecule has 5 heteroatoms. The molecule has 3 aromatic rings. The van der Waals surface area contributed by atoms with Crippen LogP contribution in [0.25, 0.3) is 20.7 Å². The van der Waals surface area contributed by atoms with Crippen LogP contribution in [0, 0.1) is 11.8 Å². The minimum absolute atomic E-state index is 0.0310. The van der Waals surface area contributed by atoms with Crippen LogP contribution in [0.4, 0.5) is 0 Å². The lowest BCUT2D eigenvalue weighted by atomic mass is 9.92. The lowest BCUT2D eigenvalue weighted by molar-refractivity contribution is 0.131. The summed E-state index contributed by atoms with van der Waals surface area (Å²) >= 11 is 1.59. The number of piperidine rings is 1. The maximum atomic E-state index is 12.5. The van der Waals surface area contributed by atoms with Crippen molar-refractivity contribution in [3.8, 4) is 10.4 Å². The summed E-state index contributed by atoms with van der Waals surface area (Å²) in [5.41, 5.74) is 1.10. The lowest BCUT2D eigenvalue weighted by Crippen LogP contribution is -2.38. The van der Waals surface area contributed by atoms with Crippen LogP contribution in [0.5, 0.6) is 0 Å². The Balaban J connectivity index is 1.64. The number of benzene rings is 1. The van der Waals surface area contributed by atoms with Crippen LogP contribution in [0.2, 0.25) is 0 Å². The van der Waals surface area contributed by atoms with E-state index in [2.05, 4.69) is 35.9 Å². The number of rotatable bonds is 3. The molecular formula is C20H23N3OS. The molecule has 2 atom stereocenters. The molecule has 2 aromatic heterocycles. The number of hydrogen-bond donors (Lipinski definition) is 1. The first kappa shape index (κ1) is 16.5. The predicted molar refractivity (Wildman–Crippen MR) is 104 cm³/mol. The third-order valence-electron chi connectivity index (χ3n) is 4.83. The summed E-state index contributed by atoms with van der Waals surface area (Å²) in [4.78, 5) is 24.6. The summed E-state index contributed by atoms with van der Waals surface area (Å²) in [5, 5.41) is 0.688. The SMILES string of the molecule is C[C@H]1C[C@H](C)CN(Cc2nc3sc(-c4ccccc4)cc3c(=O)[nH]2)C1. The van der Waals surface area contributed by atoms with Crippen molar-refractivity contribution in [3.05, 3.63) is 52.6 Å². The third-order valence-corrected chi connectivity index (χ3v) is 5.91. The number of likely N-dealkylation sites (tertiary alicyclic amines) is 1. The first-order valence-corrected chi connectivity index (χ1v) is 9.70. The second-order valence-corrected chi connectivity index (χ2v) is 8.38. The van der Waals surface area contributed by atoms with Gasteiger partial charge in [0.15, 0.2) is 0 Å². The van der Waals surface area contributed by atoms with E-state index in [9.17, 15) is 4.79 Å². The number of aromatic amines is 1. The van der Waals surface area contributed by atoms with Crippen molar-refractivity contribution in [3.63, 3.8) is 0 Å². The molecule has 0 bridgehead atoms. The zero-order valence-electron chi connectivity index (χ0n) is 14.7. The number of hydrogen-bond acceptors (Lipinski definition) is 4. The number of aromatic nitrogens is 2. The van der Waals surface area contributed by atoms with Crippen LogP contribution in [0.15, 0.2) is 41.2 Å². The van der Waals surface area contributed by atoms with Crippen molar-refractivity contribution >= 4 is 21.6 Å². The van der Waals surface area contributed by atoms with Crippen molar-refractivity contribution in [2.24, 2.45) is 11.8 Å². The Kier molecular flexibility index (Phi) is 4.44. The number of nitrogens with one attached hydrogen (secondary N) is 1. The average Bonchev–Trinajstić information content (AvgIpc) is 2.99. The monoisotopic (exact) mass is 353 g/mol. The Morgan fingerprint density at radius 3 is 2.64 bits per heavy atom. The fraction of sp³-hybridized carbons (Fsp3) is 0.400. The van der Waals surface area contributed by atoms with Crippen molar-refractivity contribution < 1.29 is 0 Å². The Morgan fingerprint density at radius 2 is 1.92 bits per heavy atom. The van der Waals surface area contributed by atoms with E-state index in [0.29, 0.717) is 17.2 Å². The van der Waals surface area contributed by atoms with Gasteiger partial charge in [-0.05, 0) is 29.9 Å². The highest BCUT2D eigenvalue weighted by Gasteiger charge is 2.22. The maximum absolute atomic E-state index is 12.5. The lowest BCUT2D eigenvalue weighted by Gasteiger charge is -2.34. The first-order valence-electron chi connectivity index (χ1n) is 8.89. The molecule has 130 valence electrons. The molecule has 1 fully saturated rings. The molecule has 0 aliphatic carbocycles. The minimum Gasteiger partial charge on any atom is -0.309 e. The van der Waals surface area contributed by atoms with Crippen LogP contribution in [-0.4, -0.2) is 28.0 Å². The Hall–Kier alpha value is -1.98. The smallest absolute Gasteiger partial charge is 0.259 e. The fourth-order valence-corrected chi connectivity index (χ4v) is 4.98. The summed E-state index contributed by atoms with van der Waals surface area (Å²) < 4.78 is 0. The van der Waals surface area contributed by atoms with Gasteiger partial charge in [0.05, 0.1) is 11.9 Å². The van der Waals surface area contributed by atoms with E-state index in [4.69, 9.17) is 4.98 Å². The van der Waals surface area contributed by atoms with Gasteiger partial charge in [0.1, 0.15) is 10.7 Å². The highest BCUT2D eigenvalue weighted by molar-refractivity contribution is 7.21. The summed E-state index contributed by atoms with van der Waals surface area (Å²) in [6, 6.07) is 12.1. The van der Waals surface area contributed by atoms with Crippen LogP contribution < -0.4 is 5.56 Å². The average molecular weight is 353 g/mol. The molecule has 0 spiro atoms. The summed E-state index contributed by atoms with van der Waals surface area (Å²) in [7, 11) is 0. The van der Waals surface area contributed by atoms with Gasteiger partial charge in [-0.1, -0.05) is 44.2 Å². The number of fused-ring (bicyclic) bond motifs is 1. The Bertz CT molecular complexity index is 921. The molecule has 1 aromatic carbocycles. The van der Waals surface area contributed by atoms with Crippen LogP contribution in [-0.2, 0) is 6.54 Å². The quantitative estimate of drug-likeness (QED) is 0.770. The summed E-state index contributed by atoms with van der Waals surface area (Å²) in [5.74, 6) is 2.18. The van der Waals surface area contributed by atoms with Gasteiger partial charge in [-0.25, -0.2) is 4.98 Å². The van der Waals surface area contributed by atoms with Crippen molar-refractivity contribution in [1.82, 2.24) is 14.9 Å². The predicted octanol–water partition coefficient (Wildman–Crippen LogP) is 4.13. The summed E-state index contributed by atoms with van der Waals surface area (Å²) in [6.45, 7) is 7.47. The molecule has 0 unspecified atom stereocenters. The zero-order chi connectivity index (χ0) is 17.4. The normalized spacial score (nSPS) is 21.7. The van der Waals surface area contributed by atoms with E-state index in [0.717, 1.165) is 40.7 Å². The van der Waals surface area contributed by atoms with E-state index in [1.165, 1.54) is 6.42 Å². The molecule has 25 heavy (non-hydrogen) atoms. The summed E-state index contributed by atoms with van der Waals surface area (Å²) in [6.07, 6.45) is 1.28. The van der Waals surface area contributed by atoms with Gasteiger partial charge < -0.3 is 4.98 Å². The maximum Gasteiger partial charge on any atom is 0.259 e. The van der Waals surface area contributed by atoms with E-state index in [-0.39, 0.29) is 5.56 Å². The molecule has 1 saturated heterocycles. The molecule has 4 nitrogen and oxygen atoms in total. The van der Waals surface area contributed by atoms with Crippen molar-refractivity contribution in [1.29, 1.82) is 0 Å². The number of nitrogens with zero attached hydrogens (tertiary/aromatic N) is 2. The number of thiophene rings is 1. The van der Waals surface area contributed by atoms with E-state index < -0.39 is 0 Å². The Labute approximate surface area is 151 Å². The minimum atomic E-state index is -0.0310. The van der Waals surface area contributed by atoms with Gasteiger partial charge in [0.2, 0.25) is 0 Å². The van der Waals surface area contributed by atoms with Crippen LogP contribution in [0.1, 0.15) is 26.1 Å². The highest BCUT2D eigenvalue weighted by atomic mass is 32.1. The second kappa shape index (κ2) is 6.73. The molecule has 4 rings (SSSR count). The largest absolute Gasteiger partial charge is 0.309 e. The van der Waals surface area contributed by atoms with E-state index in [1.807, 2.05) is 24.3 Å². The standard InChI is InChI=1S/C20H23N3OS/c1-13-8-14(2)11-23(10-13)12-18-21-19(24)16-9-17(25-20(16)22-18)15-6-4-3-5-7-15/h3-7,9,13-14H,8,10-12H2,1-2H3,(H,21,22,24)/t13-,14-/m0/s1. The van der Waals surface area contributed by atoms with Crippen LogP contribution >= 0.6 is 11.3 Å². The third kappa shape index (κ3) is 3.53. The zero-order valence-corrected chi connectivity index (χ0v) is 15.5. The van der Waals surface area contributed by atoms with Gasteiger partial charge >= 0.3 is 0 Å². The first-order chi connectivity index (χ1) is 12.1. The number of H-pyrrole nitrogens is 1. The molecular weight excluding hydrogens is 330 g/mol. The van der Waals surface area contributed by atoms with Gasteiger partial charge in [0, 0.05) is 18.0 Å². The topological polar surface area (TPSA) is 49.0 Å². The van der Waals surface area contributed by atoms with Crippen molar-refractivity contribution in [2.75, 3.05) is 13.1 Å². The Morgan fingerprint density at radius 1 is 1.20 bits per heavy atom. The van der Waals surface area contributed by atoms with Gasteiger partial charge in [-0.3, -0.25) is 9.69 Å². The highest BCUT2D eigenvalue weighted by Crippen LogP contribution is 2.31. The molecule has 1 N–H and O–H groups in total. The molecule has 0 amide bonds. The molecule has 1 aliphatic rings. The molecule has 1 aliphatic heterocycles. The van der Waals surface area contributed by atoms with Gasteiger partial charge in [0.25, 0.3) is 5.56 Å². The fourth-order valence-electron chi connectivity index (χ4n) is 3.93. The molecule has 0 radical (unpaired) electrons. The van der Waals surface area contributed by atoms with Crippen LogP contribution in [0.3, 0.4) is 0 Å².